The fourth-order valence-corrected chi connectivity index (χ4v) is 2.23. The van der Waals surface area contributed by atoms with Gasteiger partial charge in [0.2, 0.25) is 0 Å². The number of amides is 1. The van der Waals surface area contributed by atoms with Crippen molar-refractivity contribution in [1.29, 1.82) is 0 Å². The molecule has 0 aliphatic rings. The molecule has 0 spiro atoms. The highest BCUT2D eigenvalue weighted by Gasteiger charge is 2.29. The summed E-state index contributed by atoms with van der Waals surface area (Å²) in [6.07, 6.45) is -0.784. The maximum absolute atomic E-state index is 11.4. The van der Waals surface area contributed by atoms with Gasteiger partial charge in [-0.15, -0.1) is 0 Å². The minimum atomic E-state index is -1.29. The van der Waals surface area contributed by atoms with E-state index in [1.165, 1.54) is 24.3 Å². The van der Waals surface area contributed by atoms with Gasteiger partial charge in [-0.1, -0.05) is 26.0 Å². The Morgan fingerprint density at radius 2 is 1.78 bits per heavy atom. The summed E-state index contributed by atoms with van der Waals surface area (Å²) in [6.45, 7) is 3.66. The molecule has 0 aromatic heterocycles. The SMILES string of the molecule is CC(C)CC(C(=O)O)N(CCc1ccc([N+](=O)[O-])cc1)C(=O)O. The van der Waals surface area contributed by atoms with E-state index in [2.05, 4.69) is 0 Å². The van der Waals surface area contributed by atoms with Crippen LogP contribution < -0.4 is 0 Å². The number of nitro benzene ring substituents is 1. The Balaban J connectivity index is 2.81. The zero-order valence-electron chi connectivity index (χ0n) is 13.0. The Kier molecular flexibility index (Phi) is 6.49. The number of non-ortho nitro benzene ring substituents is 1. The molecule has 0 fully saturated rings. The molecule has 1 amide bonds. The van der Waals surface area contributed by atoms with Gasteiger partial charge < -0.3 is 10.2 Å². The molecule has 2 N–H and O–H groups in total. The molecular weight excluding hydrogens is 304 g/mol. The zero-order chi connectivity index (χ0) is 17.6. The lowest BCUT2D eigenvalue weighted by molar-refractivity contribution is -0.384. The molecule has 8 nitrogen and oxygen atoms in total. The second-order valence-electron chi connectivity index (χ2n) is 5.63. The lowest BCUT2D eigenvalue weighted by Gasteiger charge is -2.27. The summed E-state index contributed by atoms with van der Waals surface area (Å²) in [5.74, 6) is -1.14. The quantitative estimate of drug-likeness (QED) is 0.560. The van der Waals surface area contributed by atoms with Crippen molar-refractivity contribution < 1.29 is 24.7 Å². The van der Waals surface area contributed by atoms with Crippen LogP contribution >= 0.6 is 0 Å². The summed E-state index contributed by atoms with van der Waals surface area (Å²) in [4.78, 5) is 33.7. The topological polar surface area (TPSA) is 121 Å². The average molecular weight is 324 g/mol. The molecule has 126 valence electrons. The Morgan fingerprint density at radius 3 is 2.17 bits per heavy atom. The molecule has 1 aromatic rings. The molecule has 0 aliphatic heterocycles. The van der Waals surface area contributed by atoms with Gasteiger partial charge in [0.1, 0.15) is 6.04 Å². The molecule has 0 heterocycles. The summed E-state index contributed by atoms with van der Waals surface area (Å²) in [7, 11) is 0. The van der Waals surface area contributed by atoms with Crippen molar-refractivity contribution in [3.8, 4) is 0 Å². The third-order valence-electron chi connectivity index (χ3n) is 3.39. The molecule has 0 aliphatic carbocycles. The molecular formula is C15H20N2O6. The van der Waals surface area contributed by atoms with E-state index in [0.29, 0.717) is 5.56 Å². The van der Waals surface area contributed by atoms with Gasteiger partial charge in [-0.25, -0.2) is 9.59 Å². The minimum Gasteiger partial charge on any atom is -0.480 e. The molecule has 0 radical (unpaired) electrons. The lowest BCUT2D eigenvalue weighted by atomic mass is 10.0. The van der Waals surface area contributed by atoms with E-state index < -0.39 is 23.0 Å². The normalized spacial score (nSPS) is 12.0. The lowest BCUT2D eigenvalue weighted by Crippen LogP contribution is -2.46. The number of nitrogens with zero attached hydrogens (tertiary/aromatic N) is 2. The molecule has 1 rings (SSSR count). The van der Waals surface area contributed by atoms with E-state index in [9.17, 15) is 29.9 Å². The van der Waals surface area contributed by atoms with Crippen molar-refractivity contribution in [3.05, 3.63) is 39.9 Å². The number of carboxylic acids is 1. The van der Waals surface area contributed by atoms with Crippen LogP contribution in [0.4, 0.5) is 10.5 Å². The number of hydrogen-bond acceptors (Lipinski definition) is 4. The van der Waals surface area contributed by atoms with E-state index in [1.54, 1.807) is 0 Å². The highest BCUT2D eigenvalue weighted by atomic mass is 16.6. The van der Waals surface area contributed by atoms with E-state index in [1.807, 2.05) is 13.8 Å². The molecule has 1 unspecified atom stereocenters. The van der Waals surface area contributed by atoms with Crippen LogP contribution in [0.1, 0.15) is 25.8 Å². The number of nitro groups is 1. The van der Waals surface area contributed by atoms with Crippen molar-refractivity contribution >= 4 is 17.7 Å². The average Bonchev–Trinajstić information content (AvgIpc) is 2.45. The van der Waals surface area contributed by atoms with Crippen molar-refractivity contribution in [2.75, 3.05) is 6.54 Å². The second-order valence-corrected chi connectivity index (χ2v) is 5.63. The van der Waals surface area contributed by atoms with Gasteiger partial charge in [-0.05, 0) is 24.3 Å². The number of carbonyl (C=O) groups is 2. The maximum Gasteiger partial charge on any atom is 0.408 e. The van der Waals surface area contributed by atoms with E-state index in [-0.39, 0.29) is 31.0 Å². The largest absolute Gasteiger partial charge is 0.480 e. The summed E-state index contributed by atoms with van der Waals surface area (Å²) in [5.41, 5.74) is 0.655. The van der Waals surface area contributed by atoms with Gasteiger partial charge in [-0.2, -0.15) is 0 Å². The van der Waals surface area contributed by atoms with E-state index in [0.717, 1.165) is 4.90 Å². The van der Waals surface area contributed by atoms with Gasteiger partial charge in [0.25, 0.3) is 5.69 Å². The Hall–Kier alpha value is -2.64. The highest BCUT2D eigenvalue weighted by Crippen LogP contribution is 2.16. The molecule has 1 atom stereocenters. The first kappa shape index (κ1) is 18.4. The van der Waals surface area contributed by atoms with Crippen LogP contribution in [0.3, 0.4) is 0 Å². The third-order valence-corrected chi connectivity index (χ3v) is 3.39. The Bertz CT molecular complexity index is 570. The van der Waals surface area contributed by atoms with Crippen LogP contribution in [-0.2, 0) is 11.2 Å². The van der Waals surface area contributed by atoms with Crippen LogP contribution in [0.15, 0.2) is 24.3 Å². The number of rotatable bonds is 8. The molecule has 8 heteroatoms. The Morgan fingerprint density at radius 1 is 1.22 bits per heavy atom. The van der Waals surface area contributed by atoms with E-state index >= 15 is 0 Å². The molecule has 0 saturated heterocycles. The minimum absolute atomic E-state index is 0.0107. The first-order chi connectivity index (χ1) is 10.7. The summed E-state index contributed by atoms with van der Waals surface area (Å²) >= 11 is 0. The van der Waals surface area contributed by atoms with E-state index in [4.69, 9.17) is 0 Å². The van der Waals surface area contributed by atoms with Crippen molar-refractivity contribution in [1.82, 2.24) is 4.90 Å². The Labute approximate surface area is 133 Å². The monoisotopic (exact) mass is 324 g/mol. The number of benzene rings is 1. The summed E-state index contributed by atoms with van der Waals surface area (Å²) in [5, 5.41) is 29.1. The zero-order valence-corrected chi connectivity index (χ0v) is 13.0. The third kappa shape index (κ3) is 5.57. The predicted octanol–water partition coefficient (Wildman–Crippen LogP) is 2.62. The van der Waals surface area contributed by atoms with Gasteiger partial charge >= 0.3 is 12.1 Å². The van der Waals surface area contributed by atoms with Crippen LogP contribution in [0.25, 0.3) is 0 Å². The predicted molar refractivity (Wildman–Crippen MR) is 82.4 cm³/mol. The van der Waals surface area contributed by atoms with Crippen molar-refractivity contribution in [3.63, 3.8) is 0 Å². The molecule has 0 saturated carbocycles. The van der Waals surface area contributed by atoms with Crippen LogP contribution in [0.5, 0.6) is 0 Å². The standard InChI is InChI=1S/C15H20N2O6/c1-10(2)9-13(14(18)19)16(15(20)21)8-7-11-3-5-12(6-4-11)17(22)23/h3-6,10,13H,7-9H2,1-2H3,(H,18,19)(H,20,21). The van der Waals surface area contributed by atoms with Gasteiger partial charge in [0.05, 0.1) is 4.92 Å². The van der Waals surface area contributed by atoms with Crippen LogP contribution in [0.2, 0.25) is 0 Å². The molecule has 1 aromatic carbocycles. The first-order valence-corrected chi connectivity index (χ1v) is 7.18. The number of hydrogen-bond donors (Lipinski definition) is 2. The van der Waals surface area contributed by atoms with Crippen molar-refractivity contribution in [2.45, 2.75) is 32.7 Å². The highest BCUT2D eigenvalue weighted by molar-refractivity contribution is 5.79. The molecule has 23 heavy (non-hydrogen) atoms. The smallest absolute Gasteiger partial charge is 0.408 e. The fourth-order valence-electron chi connectivity index (χ4n) is 2.23. The van der Waals surface area contributed by atoms with Crippen LogP contribution in [-0.4, -0.2) is 44.7 Å². The number of aliphatic carboxylic acids is 1. The van der Waals surface area contributed by atoms with Gasteiger partial charge in [0.15, 0.2) is 0 Å². The summed E-state index contributed by atoms with van der Waals surface area (Å²) in [6, 6.07) is 4.64. The molecule has 0 bridgehead atoms. The first-order valence-electron chi connectivity index (χ1n) is 7.18. The van der Waals surface area contributed by atoms with Crippen LogP contribution in [0, 0.1) is 16.0 Å². The number of carboxylic acid groups (broad SMARTS) is 2. The second kappa shape index (κ2) is 8.11. The van der Waals surface area contributed by atoms with Gasteiger partial charge in [-0.3, -0.25) is 15.0 Å². The van der Waals surface area contributed by atoms with Crippen molar-refractivity contribution in [2.24, 2.45) is 5.92 Å². The fraction of sp³-hybridized carbons (Fsp3) is 0.467. The van der Waals surface area contributed by atoms with Gasteiger partial charge in [0, 0.05) is 18.7 Å². The summed E-state index contributed by atoms with van der Waals surface area (Å²) < 4.78 is 0. The maximum atomic E-state index is 11.4.